The van der Waals surface area contributed by atoms with E-state index in [1.165, 1.54) is 6.21 Å². The van der Waals surface area contributed by atoms with Gasteiger partial charge in [0.1, 0.15) is 11.3 Å². The number of methoxy groups -OCH3 is 1. The van der Waals surface area contributed by atoms with Gasteiger partial charge >= 0.3 is 11.2 Å². The van der Waals surface area contributed by atoms with Crippen molar-refractivity contribution in [3.63, 3.8) is 0 Å². The maximum absolute atomic E-state index is 12.8. The van der Waals surface area contributed by atoms with Crippen LogP contribution in [0.5, 0.6) is 5.75 Å². The summed E-state index contributed by atoms with van der Waals surface area (Å²) < 4.78 is 6.04. The van der Waals surface area contributed by atoms with Gasteiger partial charge in [0.05, 0.1) is 18.8 Å². The molecule has 4 rings (SSSR count). The van der Waals surface area contributed by atoms with E-state index >= 15 is 0 Å². The molecule has 0 saturated heterocycles. The lowest BCUT2D eigenvalue weighted by Crippen LogP contribution is -2.32. The first kappa shape index (κ1) is 17.5. The lowest BCUT2D eigenvalue weighted by Gasteiger charge is -1.99. The predicted octanol–water partition coefficient (Wildman–Crippen LogP) is 3.12. The van der Waals surface area contributed by atoms with Crippen LogP contribution in [0.3, 0.4) is 0 Å². The normalized spacial score (nSPS) is 12.3. The quantitative estimate of drug-likeness (QED) is 0.538. The fraction of sp³-hybridized carbons (Fsp3) is 0.0952. The van der Waals surface area contributed by atoms with E-state index in [0.29, 0.717) is 16.7 Å². The Morgan fingerprint density at radius 2 is 1.86 bits per heavy atom. The minimum atomic E-state index is -0.606. The molecule has 140 valence electrons. The number of benzene rings is 2. The van der Waals surface area contributed by atoms with Crippen molar-refractivity contribution in [2.45, 2.75) is 6.92 Å². The molecule has 0 fully saturated rings. The average Bonchev–Trinajstić information content (AvgIpc) is 3.06. The fourth-order valence-corrected chi connectivity index (χ4v) is 3.05. The van der Waals surface area contributed by atoms with Crippen LogP contribution in [0, 0.1) is 0 Å². The van der Waals surface area contributed by atoms with Crippen LogP contribution in [-0.4, -0.2) is 28.0 Å². The average molecular weight is 374 g/mol. The second-order valence-electron chi connectivity index (χ2n) is 6.38. The number of hydrogen-bond donors (Lipinski definition) is 2. The number of ether oxygens (including phenoxy) is 1. The van der Waals surface area contributed by atoms with Gasteiger partial charge in [0.2, 0.25) is 0 Å². The van der Waals surface area contributed by atoms with E-state index in [-0.39, 0.29) is 5.52 Å². The number of nitrogens with zero attached hydrogens (tertiary/aromatic N) is 2. The molecular weight excluding hydrogens is 356 g/mol. The van der Waals surface area contributed by atoms with E-state index in [2.05, 4.69) is 15.1 Å². The van der Waals surface area contributed by atoms with Crippen molar-refractivity contribution < 1.29 is 4.74 Å². The fourth-order valence-electron chi connectivity index (χ4n) is 3.05. The highest BCUT2D eigenvalue weighted by Gasteiger charge is 2.13. The summed E-state index contributed by atoms with van der Waals surface area (Å²) in [5, 5.41) is 4.79. The third-order valence-corrected chi connectivity index (χ3v) is 4.41. The van der Waals surface area contributed by atoms with E-state index in [9.17, 15) is 9.59 Å². The maximum Gasteiger partial charge on any atom is 0.350 e. The first-order chi connectivity index (χ1) is 13.6. The van der Waals surface area contributed by atoms with Gasteiger partial charge in [-0.25, -0.2) is 4.79 Å². The monoisotopic (exact) mass is 374 g/mol. The number of nitrogens with one attached hydrogen (secondary N) is 2. The van der Waals surface area contributed by atoms with Crippen LogP contribution >= 0.6 is 0 Å². The summed E-state index contributed by atoms with van der Waals surface area (Å²) in [5.41, 5.74) is 2.14. The minimum Gasteiger partial charge on any atom is -0.497 e. The lowest BCUT2D eigenvalue weighted by atomic mass is 10.1. The van der Waals surface area contributed by atoms with Gasteiger partial charge in [0.15, 0.2) is 0 Å². The molecule has 0 saturated carbocycles. The smallest absolute Gasteiger partial charge is 0.350 e. The van der Waals surface area contributed by atoms with Crippen LogP contribution in [0.4, 0.5) is 0 Å². The third kappa shape index (κ3) is 3.14. The summed E-state index contributed by atoms with van der Waals surface area (Å²) in [7, 11) is 1.56. The minimum absolute atomic E-state index is 0.282. The van der Waals surface area contributed by atoms with Gasteiger partial charge in [-0.1, -0.05) is 36.4 Å². The third-order valence-electron chi connectivity index (χ3n) is 4.41. The number of allylic oxidation sites excluding steroid dienone is 1. The van der Waals surface area contributed by atoms with Gasteiger partial charge < -0.3 is 14.7 Å². The zero-order valence-electron chi connectivity index (χ0n) is 15.4. The molecule has 2 N–H and O–H groups in total. The zero-order chi connectivity index (χ0) is 19.7. The molecule has 7 nitrogen and oxygen atoms in total. The van der Waals surface area contributed by atoms with E-state index < -0.39 is 11.2 Å². The number of aromatic amines is 2. The highest BCUT2D eigenvalue weighted by Crippen LogP contribution is 2.25. The van der Waals surface area contributed by atoms with E-state index in [4.69, 9.17) is 4.74 Å². The van der Waals surface area contributed by atoms with Crippen molar-refractivity contribution in [1.29, 1.82) is 0 Å². The molecular formula is C21H18N4O3. The lowest BCUT2D eigenvalue weighted by molar-refractivity contribution is 0.415. The molecule has 4 aromatic rings. The van der Waals surface area contributed by atoms with Crippen LogP contribution in [0.2, 0.25) is 0 Å². The molecule has 2 heterocycles. The number of H-pyrrole nitrogens is 2. The predicted molar refractivity (Wildman–Crippen MR) is 111 cm³/mol. The summed E-state index contributed by atoms with van der Waals surface area (Å²) in [4.78, 5) is 31.0. The molecule has 0 atom stereocenters. The SMILES string of the molecule is COc1ccc2[nH]c3c(=O)n(N=CC(C)=Cc4ccccc4)c(=O)[nH]c3c2c1. The Kier molecular flexibility index (Phi) is 4.41. The Bertz CT molecular complexity index is 1340. The second-order valence-corrected chi connectivity index (χ2v) is 6.38. The van der Waals surface area contributed by atoms with Crippen LogP contribution < -0.4 is 16.0 Å². The topological polar surface area (TPSA) is 92.2 Å². The molecule has 0 radical (unpaired) electrons. The van der Waals surface area contributed by atoms with E-state index in [1.54, 1.807) is 25.3 Å². The molecule has 0 unspecified atom stereocenters. The Hall–Kier alpha value is -3.87. The Morgan fingerprint density at radius 3 is 2.61 bits per heavy atom. The van der Waals surface area contributed by atoms with Gasteiger partial charge in [-0.15, -0.1) is 4.68 Å². The van der Waals surface area contributed by atoms with Gasteiger partial charge in [-0.3, -0.25) is 4.79 Å². The zero-order valence-corrected chi connectivity index (χ0v) is 15.4. The number of hydrogen-bond acceptors (Lipinski definition) is 4. The first-order valence-corrected chi connectivity index (χ1v) is 8.69. The Balaban J connectivity index is 1.80. The first-order valence-electron chi connectivity index (χ1n) is 8.69. The van der Waals surface area contributed by atoms with Gasteiger partial charge in [0.25, 0.3) is 0 Å². The van der Waals surface area contributed by atoms with Crippen molar-refractivity contribution >= 4 is 34.2 Å². The van der Waals surface area contributed by atoms with Crippen molar-refractivity contribution in [3.8, 4) is 5.75 Å². The summed E-state index contributed by atoms with van der Waals surface area (Å²) in [5.74, 6) is 0.637. The highest BCUT2D eigenvalue weighted by molar-refractivity contribution is 6.04. The van der Waals surface area contributed by atoms with Crippen molar-refractivity contribution in [1.82, 2.24) is 14.6 Å². The molecule has 0 bridgehead atoms. The summed E-state index contributed by atoms with van der Waals surface area (Å²) in [6.45, 7) is 1.85. The van der Waals surface area contributed by atoms with Crippen LogP contribution in [0.25, 0.3) is 28.0 Å². The summed E-state index contributed by atoms with van der Waals surface area (Å²) >= 11 is 0. The standard InChI is InChI=1S/C21H18N4O3/c1-13(10-14-6-4-3-5-7-14)12-22-25-20(26)19-18(24-21(25)27)16-11-15(28-2)8-9-17(16)23-19/h3-12,23H,1-2H3,(H,24,27). The molecule has 0 amide bonds. The van der Waals surface area contributed by atoms with E-state index in [1.807, 2.05) is 43.3 Å². The van der Waals surface area contributed by atoms with Gasteiger partial charge in [-0.05, 0) is 36.3 Å². The maximum atomic E-state index is 12.8. The summed E-state index contributed by atoms with van der Waals surface area (Å²) in [6.07, 6.45) is 3.40. The molecule has 2 aromatic carbocycles. The molecule has 28 heavy (non-hydrogen) atoms. The number of aromatic nitrogens is 3. The molecule has 0 aliphatic heterocycles. The largest absolute Gasteiger partial charge is 0.497 e. The molecule has 7 heteroatoms. The number of rotatable bonds is 4. The summed E-state index contributed by atoms with van der Waals surface area (Å²) in [6, 6.07) is 15.1. The van der Waals surface area contributed by atoms with E-state index in [0.717, 1.165) is 21.3 Å². The highest BCUT2D eigenvalue weighted by atomic mass is 16.5. The van der Waals surface area contributed by atoms with Crippen molar-refractivity contribution in [2.75, 3.05) is 7.11 Å². The second kappa shape index (κ2) is 7.03. The Labute approximate surface area is 159 Å². The van der Waals surface area contributed by atoms with Crippen molar-refractivity contribution in [3.05, 3.63) is 80.5 Å². The molecule has 0 aliphatic rings. The number of fused-ring (bicyclic) bond motifs is 3. The Morgan fingerprint density at radius 1 is 1.07 bits per heavy atom. The van der Waals surface area contributed by atoms with Crippen LogP contribution in [0.15, 0.2) is 68.8 Å². The molecule has 2 aromatic heterocycles. The molecule has 0 spiro atoms. The van der Waals surface area contributed by atoms with Crippen molar-refractivity contribution in [2.24, 2.45) is 5.10 Å². The van der Waals surface area contributed by atoms with Crippen LogP contribution in [0.1, 0.15) is 12.5 Å². The van der Waals surface area contributed by atoms with Gasteiger partial charge in [-0.2, -0.15) is 5.10 Å². The van der Waals surface area contributed by atoms with Crippen LogP contribution in [-0.2, 0) is 0 Å². The molecule has 0 aliphatic carbocycles. The van der Waals surface area contributed by atoms with Gasteiger partial charge in [0, 0.05) is 10.9 Å².